The van der Waals surface area contributed by atoms with E-state index in [2.05, 4.69) is 20.7 Å². The van der Waals surface area contributed by atoms with Crippen LogP contribution in [0.15, 0.2) is 54.7 Å². The highest BCUT2D eigenvalue weighted by Gasteiger charge is 2.17. The van der Waals surface area contributed by atoms with Crippen molar-refractivity contribution < 1.29 is 8.78 Å². The molecule has 0 radical (unpaired) electrons. The zero-order valence-corrected chi connectivity index (χ0v) is 10.9. The topological polar surface area (TPSA) is 53.6 Å². The molecule has 6 heteroatoms. The Bertz CT molecular complexity index is 711. The molecule has 2 aromatic carbocycles. The summed E-state index contributed by atoms with van der Waals surface area (Å²) in [5.41, 5.74) is 2.03. The number of nitrogens with one attached hydrogen (secondary N) is 2. The van der Waals surface area contributed by atoms with E-state index in [1.165, 1.54) is 24.3 Å². The van der Waals surface area contributed by atoms with Gasteiger partial charge in [-0.2, -0.15) is 15.4 Å². The van der Waals surface area contributed by atoms with Crippen LogP contribution in [0.2, 0.25) is 0 Å². The van der Waals surface area contributed by atoms with E-state index in [-0.39, 0.29) is 17.7 Å². The number of rotatable bonds is 4. The number of halogens is 2. The number of aromatic amines is 1. The fourth-order valence-corrected chi connectivity index (χ4v) is 2.08. The van der Waals surface area contributed by atoms with E-state index < -0.39 is 0 Å². The fraction of sp³-hybridized carbons (Fsp3) is 0.0667. The van der Waals surface area contributed by atoms with Crippen LogP contribution < -0.4 is 5.32 Å². The first-order chi connectivity index (χ1) is 10.2. The lowest BCUT2D eigenvalue weighted by Gasteiger charge is -2.18. The monoisotopic (exact) mass is 286 g/mol. The van der Waals surface area contributed by atoms with Crippen molar-refractivity contribution >= 4 is 5.69 Å². The molecule has 0 saturated carbocycles. The molecule has 3 rings (SSSR count). The van der Waals surface area contributed by atoms with E-state index in [0.717, 1.165) is 5.56 Å². The molecule has 0 aliphatic rings. The van der Waals surface area contributed by atoms with Crippen LogP contribution in [-0.4, -0.2) is 15.4 Å². The molecule has 0 saturated heterocycles. The highest BCUT2D eigenvalue weighted by Crippen LogP contribution is 2.25. The maximum Gasteiger partial charge on any atom is 0.125 e. The summed E-state index contributed by atoms with van der Waals surface area (Å²) >= 11 is 0. The number of hydrogen-bond acceptors (Lipinski definition) is 3. The molecule has 21 heavy (non-hydrogen) atoms. The third-order valence-corrected chi connectivity index (χ3v) is 3.07. The Balaban J connectivity index is 1.95. The van der Waals surface area contributed by atoms with Gasteiger partial charge in [-0.3, -0.25) is 0 Å². The molecule has 0 amide bonds. The summed E-state index contributed by atoms with van der Waals surface area (Å²) in [5.74, 6) is -0.651. The Morgan fingerprint density at radius 1 is 1.00 bits per heavy atom. The molecule has 4 nitrogen and oxygen atoms in total. The van der Waals surface area contributed by atoms with Crippen LogP contribution in [-0.2, 0) is 0 Å². The Hall–Kier alpha value is -2.76. The standard InChI is InChI=1S/C15H12F2N4/c16-11-6-4-10(5-7-11)15(14-9-18-21-20-14)19-13-3-1-2-12(17)8-13/h1-9,15,19H,(H,18,20,21). The van der Waals surface area contributed by atoms with E-state index in [1.807, 2.05) is 0 Å². The minimum absolute atomic E-state index is 0.316. The molecule has 0 fully saturated rings. The molecular formula is C15H12F2N4. The fourth-order valence-electron chi connectivity index (χ4n) is 2.08. The van der Waals surface area contributed by atoms with Gasteiger partial charge in [0.05, 0.1) is 12.2 Å². The predicted molar refractivity (Wildman–Crippen MR) is 74.6 cm³/mol. The lowest BCUT2D eigenvalue weighted by Crippen LogP contribution is -2.13. The highest BCUT2D eigenvalue weighted by atomic mass is 19.1. The van der Waals surface area contributed by atoms with Crippen molar-refractivity contribution in [2.45, 2.75) is 6.04 Å². The molecule has 1 unspecified atom stereocenters. The number of benzene rings is 2. The first kappa shape index (κ1) is 13.2. The van der Waals surface area contributed by atoms with Gasteiger partial charge in [0.1, 0.15) is 17.3 Å². The SMILES string of the molecule is Fc1ccc(C(Nc2cccc(F)c2)c2cn[nH]n2)cc1. The Kier molecular flexibility index (Phi) is 3.59. The van der Waals surface area contributed by atoms with Gasteiger partial charge in [-0.05, 0) is 35.9 Å². The van der Waals surface area contributed by atoms with Crippen molar-refractivity contribution in [3.05, 3.63) is 77.6 Å². The van der Waals surface area contributed by atoms with Crippen LogP contribution in [0.4, 0.5) is 14.5 Å². The second-order valence-corrected chi connectivity index (χ2v) is 4.53. The van der Waals surface area contributed by atoms with Crippen LogP contribution in [0.5, 0.6) is 0 Å². The Morgan fingerprint density at radius 2 is 1.81 bits per heavy atom. The molecule has 0 spiro atoms. The molecule has 0 aliphatic carbocycles. The van der Waals surface area contributed by atoms with Crippen molar-refractivity contribution in [3.63, 3.8) is 0 Å². The average Bonchev–Trinajstić information content (AvgIpc) is 3.00. The number of anilines is 1. The molecule has 3 aromatic rings. The molecule has 1 aromatic heterocycles. The summed E-state index contributed by atoms with van der Waals surface area (Å²) in [6.45, 7) is 0. The van der Waals surface area contributed by atoms with Gasteiger partial charge in [-0.25, -0.2) is 8.78 Å². The summed E-state index contributed by atoms with van der Waals surface area (Å²) in [5, 5.41) is 13.5. The summed E-state index contributed by atoms with van der Waals surface area (Å²) < 4.78 is 26.4. The van der Waals surface area contributed by atoms with Gasteiger partial charge in [0.15, 0.2) is 0 Å². The Morgan fingerprint density at radius 3 is 2.48 bits per heavy atom. The zero-order chi connectivity index (χ0) is 14.7. The first-order valence-corrected chi connectivity index (χ1v) is 6.35. The van der Waals surface area contributed by atoms with Crippen molar-refractivity contribution in [2.75, 3.05) is 5.32 Å². The van der Waals surface area contributed by atoms with Gasteiger partial charge in [-0.15, -0.1) is 0 Å². The largest absolute Gasteiger partial charge is 0.373 e. The summed E-state index contributed by atoms with van der Waals surface area (Å²) in [6, 6.07) is 11.8. The van der Waals surface area contributed by atoms with E-state index >= 15 is 0 Å². The van der Waals surface area contributed by atoms with E-state index in [4.69, 9.17) is 0 Å². The second kappa shape index (κ2) is 5.70. The lowest BCUT2D eigenvalue weighted by atomic mass is 10.0. The minimum Gasteiger partial charge on any atom is -0.373 e. The molecule has 106 valence electrons. The van der Waals surface area contributed by atoms with Crippen LogP contribution in [0.3, 0.4) is 0 Å². The van der Waals surface area contributed by atoms with Crippen LogP contribution in [0.1, 0.15) is 17.3 Å². The van der Waals surface area contributed by atoms with Crippen LogP contribution in [0, 0.1) is 11.6 Å². The molecule has 0 aliphatic heterocycles. The second-order valence-electron chi connectivity index (χ2n) is 4.53. The van der Waals surface area contributed by atoms with Gasteiger partial charge < -0.3 is 5.32 Å². The van der Waals surface area contributed by atoms with E-state index in [1.54, 1.807) is 30.5 Å². The van der Waals surface area contributed by atoms with Crippen molar-refractivity contribution in [1.29, 1.82) is 0 Å². The van der Waals surface area contributed by atoms with Crippen LogP contribution >= 0.6 is 0 Å². The number of hydrogen-bond donors (Lipinski definition) is 2. The molecular weight excluding hydrogens is 274 g/mol. The van der Waals surface area contributed by atoms with E-state index in [9.17, 15) is 8.78 Å². The lowest BCUT2D eigenvalue weighted by molar-refractivity contribution is 0.626. The van der Waals surface area contributed by atoms with Gasteiger partial charge in [0, 0.05) is 5.69 Å². The zero-order valence-electron chi connectivity index (χ0n) is 10.9. The van der Waals surface area contributed by atoms with Gasteiger partial charge in [0.25, 0.3) is 0 Å². The summed E-state index contributed by atoms with van der Waals surface area (Å²) in [4.78, 5) is 0. The van der Waals surface area contributed by atoms with Gasteiger partial charge in [-0.1, -0.05) is 18.2 Å². The smallest absolute Gasteiger partial charge is 0.125 e. The number of nitrogens with zero attached hydrogens (tertiary/aromatic N) is 2. The van der Waals surface area contributed by atoms with Crippen molar-refractivity contribution in [3.8, 4) is 0 Å². The number of aromatic nitrogens is 3. The first-order valence-electron chi connectivity index (χ1n) is 6.35. The predicted octanol–water partition coefficient (Wildman–Crippen LogP) is 3.28. The molecule has 2 N–H and O–H groups in total. The van der Waals surface area contributed by atoms with E-state index in [0.29, 0.717) is 11.4 Å². The van der Waals surface area contributed by atoms with Crippen molar-refractivity contribution in [1.82, 2.24) is 15.4 Å². The van der Waals surface area contributed by atoms with Gasteiger partial charge in [0.2, 0.25) is 0 Å². The number of H-pyrrole nitrogens is 1. The normalized spacial score (nSPS) is 12.1. The molecule has 0 bridgehead atoms. The molecule has 1 heterocycles. The summed E-state index contributed by atoms with van der Waals surface area (Å²) in [6.07, 6.45) is 1.57. The summed E-state index contributed by atoms with van der Waals surface area (Å²) in [7, 11) is 0. The maximum absolute atomic E-state index is 13.3. The van der Waals surface area contributed by atoms with Crippen LogP contribution in [0.25, 0.3) is 0 Å². The molecule has 1 atom stereocenters. The van der Waals surface area contributed by atoms with Gasteiger partial charge >= 0.3 is 0 Å². The average molecular weight is 286 g/mol. The third kappa shape index (κ3) is 3.05. The minimum atomic E-state index is -0.355. The maximum atomic E-state index is 13.3. The van der Waals surface area contributed by atoms with Crippen molar-refractivity contribution in [2.24, 2.45) is 0 Å². The quantitative estimate of drug-likeness (QED) is 0.774. The highest BCUT2D eigenvalue weighted by molar-refractivity contribution is 5.48. The Labute approximate surface area is 119 Å². The third-order valence-electron chi connectivity index (χ3n) is 3.07.